The number of aromatic nitrogens is 1. The molecule has 0 saturated heterocycles. The second-order valence-corrected chi connectivity index (χ2v) is 6.77. The number of rotatable bonds is 4. The third kappa shape index (κ3) is 4.13. The lowest BCUT2D eigenvalue weighted by Gasteiger charge is -2.16. The minimum absolute atomic E-state index is 0.0529. The summed E-state index contributed by atoms with van der Waals surface area (Å²) >= 11 is 0. The maximum Gasteiger partial charge on any atom is 0.431 e. The van der Waals surface area contributed by atoms with Crippen molar-refractivity contribution < 1.29 is 27.5 Å². The molecule has 2 aromatic rings. The largest absolute Gasteiger partial charge is 0.431 e. The summed E-state index contributed by atoms with van der Waals surface area (Å²) in [5, 5.41) is 2.84. The first-order valence-electron chi connectivity index (χ1n) is 6.48. The number of hydrogen-bond acceptors (Lipinski definition) is 3. The number of pyridine rings is 1. The van der Waals surface area contributed by atoms with Crippen molar-refractivity contribution >= 4 is 24.2 Å². The molecule has 0 radical (unpaired) electrons. The van der Waals surface area contributed by atoms with Gasteiger partial charge in [-0.25, -0.2) is 0 Å². The van der Waals surface area contributed by atoms with E-state index in [9.17, 15) is 22.5 Å². The number of anilines is 1. The first-order valence-corrected chi connectivity index (χ1v) is 8.28. The molecule has 0 saturated carbocycles. The number of halogens is 3. The normalized spacial score (nSPS) is 12.6. The van der Waals surface area contributed by atoms with Gasteiger partial charge in [0, 0.05) is 30.7 Å². The van der Waals surface area contributed by atoms with Gasteiger partial charge in [0.05, 0.1) is 11.7 Å². The lowest BCUT2D eigenvalue weighted by Crippen LogP contribution is -2.19. The second-order valence-electron chi connectivity index (χ2n) is 5.00. The van der Waals surface area contributed by atoms with E-state index in [4.69, 9.17) is 9.79 Å². The summed E-state index contributed by atoms with van der Waals surface area (Å²) in [6.45, 7) is -0.0529. The predicted molar refractivity (Wildman–Crippen MR) is 79.6 cm³/mol. The third-order valence-electron chi connectivity index (χ3n) is 3.28. The summed E-state index contributed by atoms with van der Waals surface area (Å²) in [5.74, 6) is 0. The number of fused-ring (bicyclic) bond motifs is 1. The lowest BCUT2D eigenvalue weighted by atomic mass is 10.1. The second kappa shape index (κ2) is 5.99. The van der Waals surface area contributed by atoms with Gasteiger partial charge in [0.25, 0.3) is 0 Å². The van der Waals surface area contributed by atoms with E-state index in [0.717, 1.165) is 4.57 Å². The van der Waals surface area contributed by atoms with Crippen LogP contribution in [-0.2, 0) is 17.8 Å². The highest BCUT2D eigenvalue weighted by molar-refractivity contribution is 7.51. The summed E-state index contributed by atoms with van der Waals surface area (Å²) in [6, 6.07) is 4.73. The predicted octanol–water partition coefficient (Wildman–Crippen LogP) is 2.15. The Morgan fingerprint density at radius 3 is 2.48 bits per heavy atom. The summed E-state index contributed by atoms with van der Waals surface area (Å²) in [4.78, 5) is 29.4. The molecule has 0 bridgehead atoms. The van der Waals surface area contributed by atoms with Crippen molar-refractivity contribution in [2.24, 2.45) is 7.05 Å². The van der Waals surface area contributed by atoms with Gasteiger partial charge in [0.15, 0.2) is 5.43 Å². The van der Waals surface area contributed by atoms with Gasteiger partial charge in [-0.05, 0) is 18.2 Å². The first kappa shape index (κ1) is 17.5. The number of aryl methyl sites for hydroxylation is 1. The van der Waals surface area contributed by atoms with Crippen molar-refractivity contribution in [3.63, 3.8) is 0 Å². The van der Waals surface area contributed by atoms with Crippen LogP contribution in [0.1, 0.15) is 5.69 Å². The van der Waals surface area contributed by atoms with Gasteiger partial charge in [0.1, 0.15) is 5.69 Å². The van der Waals surface area contributed by atoms with Crippen LogP contribution in [0, 0.1) is 0 Å². The molecule has 0 spiro atoms. The fourth-order valence-corrected chi connectivity index (χ4v) is 2.58. The van der Waals surface area contributed by atoms with Gasteiger partial charge >= 0.3 is 13.8 Å². The van der Waals surface area contributed by atoms with Gasteiger partial charge in [0.2, 0.25) is 0 Å². The van der Waals surface area contributed by atoms with Crippen LogP contribution < -0.4 is 10.7 Å². The quantitative estimate of drug-likeness (QED) is 0.735. The average Bonchev–Trinajstić information content (AvgIpc) is 2.40. The van der Waals surface area contributed by atoms with Crippen molar-refractivity contribution in [3.05, 3.63) is 40.2 Å². The van der Waals surface area contributed by atoms with Gasteiger partial charge in [-0.15, -0.1) is 0 Å². The van der Waals surface area contributed by atoms with Crippen LogP contribution in [0.5, 0.6) is 0 Å². The Morgan fingerprint density at radius 2 is 1.91 bits per heavy atom. The highest BCUT2D eigenvalue weighted by atomic mass is 31.2. The Hall–Kier alpha value is -1.83. The first-order chi connectivity index (χ1) is 10.5. The Balaban J connectivity index is 2.44. The fraction of sp³-hybridized carbons (Fsp3) is 0.308. The minimum Gasteiger partial charge on any atom is -0.384 e. The minimum atomic E-state index is -4.66. The monoisotopic (exact) mass is 350 g/mol. The summed E-state index contributed by atoms with van der Waals surface area (Å²) < 4.78 is 50.4. The molecule has 3 N–H and O–H groups in total. The summed E-state index contributed by atoms with van der Waals surface area (Å²) in [6.07, 6.45) is -5.07. The Morgan fingerprint density at radius 1 is 1.26 bits per heavy atom. The van der Waals surface area contributed by atoms with Crippen molar-refractivity contribution in [2.75, 3.05) is 18.0 Å². The zero-order valence-corrected chi connectivity index (χ0v) is 12.9. The van der Waals surface area contributed by atoms with Crippen molar-refractivity contribution in [2.45, 2.75) is 6.18 Å². The van der Waals surface area contributed by atoms with E-state index in [1.165, 1.54) is 25.2 Å². The van der Waals surface area contributed by atoms with Crippen LogP contribution in [0.4, 0.5) is 18.9 Å². The standard InChI is InChI=1S/C13H14F3N2O4P/c1-18-10-6-8(17-4-5-23(20,21)22)2-3-9(10)11(19)7-12(18)13(14,15)16/h2-3,6-7,17H,4-5H2,1H3,(H2,20,21,22). The van der Waals surface area contributed by atoms with Crippen LogP contribution in [0.3, 0.4) is 0 Å². The molecular weight excluding hydrogens is 336 g/mol. The number of benzene rings is 1. The van der Waals surface area contributed by atoms with E-state index in [2.05, 4.69) is 5.32 Å². The molecule has 2 rings (SSSR count). The van der Waals surface area contributed by atoms with E-state index < -0.39 is 31.1 Å². The van der Waals surface area contributed by atoms with E-state index >= 15 is 0 Å². The van der Waals surface area contributed by atoms with Crippen molar-refractivity contribution in [3.8, 4) is 0 Å². The Kier molecular flexibility index (Phi) is 4.57. The highest BCUT2D eigenvalue weighted by Crippen LogP contribution is 2.33. The lowest BCUT2D eigenvalue weighted by molar-refractivity contribution is -0.143. The molecule has 0 amide bonds. The average molecular weight is 350 g/mol. The highest BCUT2D eigenvalue weighted by Gasteiger charge is 2.34. The van der Waals surface area contributed by atoms with E-state index in [0.29, 0.717) is 11.8 Å². The smallest absolute Gasteiger partial charge is 0.384 e. The molecule has 1 aromatic carbocycles. The van der Waals surface area contributed by atoms with Crippen molar-refractivity contribution in [1.82, 2.24) is 4.57 Å². The molecule has 0 aliphatic rings. The summed E-state index contributed by atoms with van der Waals surface area (Å²) in [7, 11) is -2.97. The maximum absolute atomic E-state index is 12.9. The number of nitrogens with one attached hydrogen (secondary N) is 1. The van der Waals surface area contributed by atoms with Gasteiger partial charge < -0.3 is 19.7 Å². The molecule has 0 atom stereocenters. The zero-order valence-electron chi connectivity index (χ0n) is 12.0. The molecule has 0 aliphatic heterocycles. The van der Waals surface area contributed by atoms with Gasteiger partial charge in [-0.3, -0.25) is 9.36 Å². The molecule has 6 nitrogen and oxygen atoms in total. The van der Waals surface area contributed by atoms with E-state index in [1.54, 1.807) is 0 Å². The Labute approximate surface area is 128 Å². The number of hydrogen-bond donors (Lipinski definition) is 3. The molecule has 0 unspecified atom stereocenters. The molecule has 1 aromatic heterocycles. The number of alkyl halides is 3. The number of nitrogens with zero attached hydrogens (tertiary/aromatic N) is 1. The molecule has 0 aliphatic carbocycles. The van der Waals surface area contributed by atoms with Gasteiger partial charge in [-0.1, -0.05) is 0 Å². The molecule has 10 heteroatoms. The van der Waals surface area contributed by atoms with E-state index in [1.807, 2.05) is 0 Å². The fourth-order valence-electron chi connectivity index (χ4n) is 2.17. The zero-order chi connectivity index (χ0) is 17.4. The maximum atomic E-state index is 12.9. The van der Waals surface area contributed by atoms with Crippen LogP contribution >= 0.6 is 7.60 Å². The van der Waals surface area contributed by atoms with Crippen molar-refractivity contribution in [1.29, 1.82) is 0 Å². The van der Waals surface area contributed by atoms with E-state index in [-0.39, 0.29) is 17.4 Å². The molecule has 126 valence electrons. The molecule has 1 heterocycles. The molecule has 23 heavy (non-hydrogen) atoms. The molecular formula is C13H14F3N2O4P. The topological polar surface area (TPSA) is 91.6 Å². The Bertz CT molecular complexity index is 841. The van der Waals surface area contributed by atoms with Crippen LogP contribution in [0.2, 0.25) is 0 Å². The van der Waals surface area contributed by atoms with Gasteiger partial charge in [-0.2, -0.15) is 13.2 Å². The van der Waals surface area contributed by atoms with Crippen LogP contribution in [0.25, 0.3) is 10.9 Å². The summed E-state index contributed by atoms with van der Waals surface area (Å²) in [5.41, 5.74) is -1.37. The SMILES string of the molecule is Cn1c(C(F)(F)F)cc(=O)c2ccc(NCCP(=O)(O)O)cc21. The molecule has 0 fully saturated rings. The third-order valence-corrected chi connectivity index (χ3v) is 4.08. The van der Waals surface area contributed by atoms with Crippen LogP contribution in [0.15, 0.2) is 29.1 Å². The van der Waals surface area contributed by atoms with Crippen LogP contribution in [-0.4, -0.2) is 27.1 Å².